The summed E-state index contributed by atoms with van der Waals surface area (Å²) in [4.78, 5) is 14.9. The van der Waals surface area contributed by atoms with Crippen molar-refractivity contribution in [2.24, 2.45) is 0 Å². The predicted octanol–water partition coefficient (Wildman–Crippen LogP) is 1.85. The molecule has 2 aliphatic rings. The third kappa shape index (κ3) is 4.27. The summed E-state index contributed by atoms with van der Waals surface area (Å²) in [7, 11) is 0. The first-order chi connectivity index (χ1) is 12.8. The standard InChI is InChI=1S/C17H24N6OS2/c24-17-9-13-12-25-8-4-15(13)20-23(17)7-6-22-5-2-1-3-14(22)10-18-16-11-19-26-21-16/h9,11,14H,1-8,10,12H2,(H,18,21). The summed E-state index contributed by atoms with van der Waals surface area (Å²) in [6, 6.07) is 2.26. The van der Waals surface area contributed by atoms with Gasteiger partial charge in [0.15, 0.2) is 5.82 Å². The Morgan fingerprint density at radius 1 is 1.31 bits per heavy atom. The average Bonchev–Trinajstić information content (AvgIpc) is 3.19. The van der Waals surface area contributed by atoms with Crippen molar-refractivity contribution in [3.63, 3.8) is 0 Å². The molecular weight excluding hydrogens is 368 g/mol. The molecule has 4 heterocycles. The van der Waals surface area contributed by atoms with Crippen molar-refractivity contribution in [2.45, 2.75) is 44.0 Å². The van der Waals surface area contributed by atoms with Crippen molar-refractivity contribution in [1.29, 1.82) is 0 Å². The Bertz CT molecular complexity index is 778. The van der Waals surface area contributed by atoms with Crippen molar-refractivity contribution in [1.82, 2.24) is 23.4 Å². The van der Waals surface area contributed by atoms with Crippen molar-refractivity contribution in [3.05, 3.63) is 33.9 Å². The third-order valence-corrected chi connectivity index (χ3v) is 6.62. The number of aromatic nitrogens is 4. The number of thioether (sulfide) groups is 1. The second-order valence-electron chi connectivity index (χ2n) is 6.84. The van der Waals surface area contributed by atoms with Crippen LogP contribution in [0.15, 0.2) is 17.1 Å². The van der Waals surface area contributed by atoms with Gasteiger partial charge in [-0.15, -0.1) is 0 Å². The number of nitrogens with zero attached hydrogens (tertiary/aromatic N) is 5. The molecule has 0 aliphatic carbocycles. The third-order valence-electron chi connectivity index (χ3n) is 5.13. The molecule has 1 saturated heterocycles. The van der Waals surface area contributed by atoms with E-state index in [1.165, 1.54) is 31.0 Å². The number of anilines is 1. The number of hydrogen-bond acceptors (Lipinski definition) is 8. The monoisotopic (exact) mass is 392 g/mol. The second kappa shape index (κ2) is 8.49. The van der Waals surface area contributed by atoms with Gasteiger partial charge in [0, 0.05) is 37.4 Å². The molecule has 1 fully saturated rings. The van der Waals surface area contributed by atoms with Crippen LogP contribution < -0.4 is 10.9 Å². The number of fused-ring (bicyclic) bond motifs is 1. The lowest BCUT2D eigenvalue weighted by atomic mass is 10.0. The molecule has 1 N–H and O–H groups in total. The molecule has 0 bridgehead atoms. The lowest BCUT2D eigenvalue weighted by Crippen LogP contribution is -2.45. The fourth-order valence-electron chi connectivity index (χ4n) is 3.69. The maximum atomic E-state index is 12.4. The SMILES string of the molecule is O=c1cc2c(nn1CCN1CCCCC1CNc1cnsn1)CCSC2. The molecule has 0 aromatic carbocycles. The van der Waals surface area contributed by atoms with E-state index in [2.05, 4.69) is 24.1 Å². The van der Waals surface area contributed by atoms with E-state index in [-0.39, 0.29) is 5.56 Å². The molecule has 2 aliphatic heterocycles. The van der Waals surface area contributed by atoms with Gasteiger partial charge in [-0.05, 0) is 30.7 Å². The molecule has 0 radical (unpaired) electrons. The zero-order valence-corrected chi connectivity index (χ0v) is 16.4. The Morgan fingerprint density at radius 3 is 3.15 bits per heavy atom. The van der Waals surface area contributed by atoms with E-state index < -0.39 is 0 Å². The highest BCUT2D eigenvalue weighted by atomic mass is 32.2. The van der Waals surface area contributed by atoms with E-state index in [4.69, 9.17) is 0 Å². The first-order valence-electron chi connectivity index (χ1n) is 9.23. The Labute approximate surface area is 161 Å². The van der Waals surface area contributed by atoms with Gasteiger partial charge in [-0.2, -0.15) is 25.6 Å². The van der Waals surface area contributed by atoms with Crippen LogP contribution in [0.25, 0.3) is 0 Å². The molecule has 0 amide bonds. The predicted molar refractivity (Wildman–Crippen MR) is 106 cm³/mol. The van der Waals surface area contributed by atoms with Gasteiger partial charge in [-0.3, -0.25) is 9.69 Å². The summed E-state index contributed by atoms with van der Waals surface area (Å²) < 4.78 is 9.91. The van der Waals surface area contributed by atoms with Crippen LogP contribution in [-0.4, -0.2) is 54.9 Å². The van der Waals surface area contributed by atoms with Crippen molar-refractivity contribution < 1.29 is 0 Å². The molecule has 0 saturated carbocycles. The minimum Gasteiger partial charge on any atom is -0.366 e. The molecule has 2 aromatic rings. The first-order valence-corrected chi connectivity index (χ1v) is 11.1. The first kappa shape index (κ1) is 17.9. The zero-order valence-electron chi connectivity index (χ0n) is 14.8. The molecule has 1 unspecified atom stereocenters. The fourth-order valence-corrected chi connectivity index (χ4v) is 5.03. The number of aryl methyl sites for hydroxylation is 1. The second-order valence-corrected chi connectivity index (χ2v) is 8.50. The highest BCUT2D eigenvalue weighted by Crippen LogP contribution is 2.21. The van der Waals surface area contributed by atoms with Gasteiger partial charge >= 0.3 is 0 Å². The molecule has 4 rings (SSSR count). The quantitative estimate of drug-likeness (QED) is 0.804. The molecular formula is C17H24N6OS2. The Hall–Kier alpha value is -1.45. The number of likely N-dealkylation sites (tertiary alicyclic amines) is 1. The molecule has 0 spiro atoms. The topological polar surface area (TPSA) is 75.9 Å². The Balaban J connectivity index is 1.38. The summed E-state index contributed by atoms with van der Waals surface area (Å²) in [6.07, 6.45) is 6.39. The minimum atomic E-state index is 0.0338. The smallest absolute Gasteiger partial charge is 0.267 e. The van der Waals surface area contributed by atoms with Gasteiger partial charge in [0.25, 0.3) is 5.56 Å². The maximum absolute atomic E-state index is 12.4. The van der Waals surface area contributed by atoms with Crippen molar-refractivity contribution >= 4 is 29.3 Å². The van der Waals surface area contributed by atoms with Crippen LogP contribution in [0.5, 0.6) is 0 Å². The minimum absolute atomic E-state index is 0.0338. The van der Waals surface area contributed by atoms with E-state index in [9.17, 15) is 4.79 Å². The van der Waals surface area contributed by atoms with Crippen LogP contribution in [0, 0.1) is 0 Å². The average molecular weight is 393 g/mol. The summed E-state index contributed by atoms with van der Waals surface area (Å²) >= 11 is 3.10. The van der Waals surface area contributed by atoms with E-state index in [1.54, 1.807) is 16.9 Å². The van der Waals surface area contributed by atoms with Crippen LogP contribution in [0.1, 0.15) is 30.5 Å². The zero-order chi connectivity index (χ0) is 17.8. The summed E-state index contributed by atoms with van der Waals surface area (Å²) in [6.45, 7) is 3.48. The van der Waals surface area contributed by atoms with E-state index in [1.807, 2.05) is 11.8 Å². The number of piperidine rings is 1. The van der Waals surface area contributed by atoms with Crippen molar-refractivity contribution in [3.8, 4) is 0 Å². The van der Waals surface area contributed by atoms with Crippen LogP contribution in [0.3, 0.4) is 0 Å². The largest absolute Gasteiger partial charge is 0.366 e. The van der Waals surface area contributed by atoms with Crippen molar-refractivity contribution in [2.75, 3.05) is 30.7 Å². The fraction of sp³-hybridized carbons (Fsp3) is 0.647. The summed E-state index contributed by atoms with van der Waals surface area (Å²) in [5.74, 6) is 2.87. The Morgan fingerprint density at radius 2 is 2.27 bits per heavy atom. The van der Waals surface area contributed by atoms with Crippen LogP contribution in [0.4, 0.5) is 5.82 Å². The molecule has 9 heteroatoms. The van der Waals surface area contributed by atoms with Gasteiger partial charge in [-0.25, -0.2) is 4.68 Å². The van der Waals surface area contributed by atoms with E-state index in [0.717, 1.165) is 54.6 Å². The lowest BCUT2D eigenvalue weighted by Gasteiger charge is -2.35. The summed E-state index contributed by atoms with van der Waals surface area (Å²) in [5.41, 5.74) is 2.27. The molecule has 7 nitrogen and oxygen atoms in total. The highest BCUT2D eigenvalue weighted by molar-refractivity contribution is 7.98. The molecule has 2 aromatic heterocycles. The Kier molecular flexibility index (Phi) is 5.86. The van der Waals surface area contributed by atoms with Gasteiger partial charge < -0.3 is 5.32 Å². The van der Waals surface area contributed by atoms with E-state index >= 15 is 0 Å². The molecule has 26 heavy (non-hydrogen) atoms. The summed E-state index contributed by atoms with van der Waals surface area (Å²) in [5, 5.41) is 8.02. The maximum Gasteiger partial charge on any atom is 0.267 e. The van der Waals surface area contributed by atoms with Crippen LogP contribution in [-0.2, 0) is 18.7 Å². The number of hydrogen-bond donors (Lipinski definition) is 1. The van der Waals surface area contributed by atoms with Gasteiger partial charge in [0.2, 0.25) is 0 Å². The lowest BCUT2D eigenvalue weighted by molar-refractivity contribution is 0.148. The molecule has 140 valence electrons. The van der Waals surface area contributed by atoms with E-state index in [0.29, 0.717) is 12.6 Å². The highest BCUT2D eigenvalue weighted by Gasteiger charge is 2.22. The van der Waals surface area contributed by atoms with Crippen LogP contribution in [0.2, 0.25) is 0 Å². The van der Waals surface area contributed by atoms with Gasteiger partial charge in [0.1, 0.15) is 0 Å². The number of rotatable bonds is 6. The van der Waals surface area contributed by atoms with Crippen LogP contribution >= 0.6 is 23.5 Å². The normalized spacial score (nSPS) is 20.7. The number of nitrogens with one attached hydrogen (secondary N) is 1. The van der Waals surface area contributed by atoms with Gasteiger partial charge in [-0.1, -0.05) is 6.42 Å². The van der Waals surface area contributed by atoms with Gasteiger partial charge in [0.05, 0.1) is 30.2 Å². The molecule has 1 atom stereocenters.